The summed E-state index contributed by atoms with van der Waals surface area (Å²) < 4.78 is 5.06. The molecule has 0 aliphatic rings. The first kappa shape index (κ1) is 6.86. The van der Waals surface area contributed by atoms with E-state index in [2.05, 4.69) is 10.3 Å². The molecule has 0 unspecified atom stereocenters. The van der Waals surface area contributed by atoms with E-state index < -0.39 is 0 Å². The molecule has 0 spiro atoms. The average molecular weight is 138 g/mol. The van der Waals surface area contributed by atoms with Crippen LogP contribution in [0.15, 0.2) is 21.7 Å². The van der Waals surface area contributed by atoms with E-state index in [0.29, 0.717) is 0 Å². The summed E-state index contributed by atoms with van der Waals surface area (Å²) in [5.41, 5.74) is 0.977. The molecule has 0 bridgehead atoms. The quantitative estimate of drug-likeness (QED) is 0.627. The number of nitrogens with zero attached hydrogens (tertiary/aromatic N) is 1. The van der Waals surface area contributed by atoms with Gasteiger partial charge >= 0.3 is 0 Å². The van der Waals surface area contributed by atoms with Gasteiger partial charge in [0.25, 0.3) is 0 Å². The van der Waals surface area contributed by atoms with Crippen LogP contribution in [0.1, 0.15) is 5.56 Å². The largest absolute Gasteiger partial charge is 0.448 e. The highest BCUT2D eigenvalue weighted by Gasteiger charge is 1.98. The van der Waals surface area contributed by atoms with Gasteiger partial charge in [-0.3, -0.25) is 4.99 Å². The maximum Gasteiger partial charge on any atom is 0.201 e. The predicted octanol–water partition coefficient (Wildman–Crippen LogP) is 1.37. The minimum absolute atomic E-state index is 0.755. The van der Waals surface area contributed by atoms with Gasteiger partial charge in [-0.15, -0.1) is 0 Å². The molecule has 10 heavy (non-hydrogen) atoms. The molecule has 1 aromatic heterocycles. The summed E-state index contributed by atoms with van der Waals surface area (Å²) in [5.74, 6) is 0.755. The molecule has 0 aromatic carbocycles. The van der Waals surface area contributed by atoms with E-state index in [4.69, 9.17) is 4.42 Å². The number of anilines is 1. The first-order valence-corrected chi connectivity index (χ1v) is 3.06. The normalized spacial score (nSPS) is 10.6. The molecule has 1 aromatic rings. The van der Waals surface area contributed by atoms with Crippen LogP contribution in [0.3, 0.4) is 0 Å². The van der Waals surface area contributed by atoms with Crippen molar-refractivity contribution in [2.24, 2.45) is 4.99 Å². The molecular weight excluding hydrogens is 128 g/mol. The van der Waals surface area contributed by atoms with Crippen LogP contribution in [0, 0.1) is 0 Å². The predicted molar refractivity (Wildman–Crippen MR) is 41.8 cm³/mol. The zero-order valence-electron chi connectivity index (χ0n) is 6.09. The fourth-order valence-electron chi connectivity index (χ4n) is 0.763. The first-order valence-electron chi connectivity index (χ1n) is 3.06. The Morgan fingerprint density at radius 3 is 3.10 bits per heavy atom. The molecule has 0 fully saturated rings. The molecule has 0 radical (unpaired) electrons. The number of rotatable bonds is 2. The van der Waals surface area contributed by atoms with E-state index in [0.717, 1.165) is 11.4 Å². The Kier molecular flexibility index (Phi) is 2.10. The van der Waals surface area contributed by atoms with Crippen LogP contribution in [-0.2, 0) is 0 Å². The second-order valence-electron chi connectivity index (χ2n) is 1.84. The van der Waals surface area contributed by atoms with Crippen LogP contribution in [0.25, 0.3) is 0 Å². The lowest BCUT2D eigenvalue weighted by atomic mass is 10.3. The maximum absolute atomic E-state index is 5.06. The standard InChI is InChI=1S/C7H10N2O/c1-8-5-6-3-4-10-7(6)9-2/h3-5,9H,1-2H3. The fraction of sp³-hybridized carbons (Fsp3) is 0.286. The Labute approximate surface area is 59.8 Å². The summed E-state index contributed by atoms with van der Waals surface area (Å²) in [4.78, 5) is 3.86. The first-order chi connectivity index (χ1) is 4.88. The Hall–Kier alpha value is -1.25. The van der Waals surface area contributed by atoms with E-state index in [1.165, 1.54) is 0 Å². The third-order valence-corrected chi connectivity index (χ3v) is 1.19. The minimum Gasteiger partial charge on any atom is -0.448 e. The molecule has 0 aliphatic carbocycles. The van der Waals surface area contributed by atoms with Crippen molar-refractivity contribution in [2.45, 2.75) is 0 Å². The van der Waals surface area contributed by atoms with Gasteiger partial charge in [0.2, 0.25) is 5.88 Å². The van der Waals surface area contributed by atoms with Crippen molar-refractivity contribution in [3.63, 3.8) is 0 Å². The highest BCUT2D eigenvalue weighted by molar-refractivity contribution is 5.85. The van der Waals surface area contributed by atoms with Crippen LogP contribution in [-0.4, -0.2) is 20.3 Å². The Bertz CT molecular complexity index is 227. The van der Waals surface area contributed by atoms with Gasteiger partial charge in [-0.2, -0.15) is 0 Å². The minimum atomic E-state index is 0.755. The molecule has 54 valence electrons. The van der Waals surface area contributed by atoms with Crippen LogP contribution in [0.2, 0.25) is 0 Å². The van der Waals surface area contributed by atoms with Crippen molar-refractivity contribution in [3.05, 3.63) is 17.9 Å². The van der Waals surface area contributed by atoms with Crippen LogP contribution >= 0.6 is 0 Å². The van der Waals surface area contributed by atoms with Crippen LogP contribution in [0.5, 0.6) is 0 Å². The van der Waals surface area contributed by atoms with Crippen molar-refractivity contribution < 1.29 is 4.42 Å². The summed E-state index contributed by atoms with van der Waals surface area (Å²) in [6, 6.07) is 1.86. The van der Waals surface area contributed by atoms with Gasteiger partial charge in [-0.05, 0) is 6.07 Å². The molecule has 3 nitrogen and oxygen atoms in total. The molecule has 1 heterocycles. The number of furan rings is 1. The van der Waals surface area contributed by atoms with E-state index in [1.54, 1.807) is 19.5 Å². The third-order valence-electron chi connectivity index (χ3n) is 1.19. The zero-order valence-corrected chi connectivity index (χ0v) is 6.09. The van der Waals surface area contributed by atoms with Gasteiger partial charge in [0, 0.05) is 20.3 Å². The van der Waals surface area contributed by atoms with Gasteiger partial charge in [0.05, 0.1) is 11.8 Å². The SMILES string of the molecule is CN=Cc1ccoc1NC. The smallest absolute Gasteiger partial charge is 0.201 e. The maximum atomic E-state index is 5.06. The van der Waals surface area contributed by atoms with Crippen molar-refractivity contribution in [1.82, 2.24) is 0 Å². The molecular formula is C7H10N2O. The highest BCUT2D eigenvalue weighted by atomic mass is 16.3. The summed E-state index contributed by atoms with van der Waals surface area (Å²) in [6.45, 7) is 0. The molecule has 0 saturated carbocycles. The number of hydrogen-bond acceptors (Lipinski definition) is 3. The number of nitrogens with one attached hydrogen (secondary N) is 1. The molecule has 1 N–H and O–H groups in total. The molecule has 0 amide bonds. The van der Waals surface area contributed by atoms with Gasteiger partial charge in [-0.25, -0.2) is 0 Å². The second-order valence-corrected chi connectivity index (χ2v) is 1.84. The fourth-order valence-corrected chi connectivity index (χ4v) is 0.763. The second kappa shape index (κ2) is 3.06. The zero-order chi connectivity index (χ0) is 7.40. The molecule has 0 saturated heterocycles. The van der Waals surface area contributed by atoms with Crippen LogP contribution in [0.4, 0.5) is 5.88 Å². The summed E-state index contributed by atoms with van der Waals surface area (Å²) in [5, 5.41) is 2.90. The number of hydrogen-bond donors (Lipinski definition) is 1. The Morgan fingerprint density at radius 2 is 2.50 bits per heavy atom. The lowest BCUT2D eigenvalue weighted by Gasteiger charge is -1.92. The molecule has 1 rings (SSSR count). The van der Waals surface area contributed by atoms with Crippen molar-refractivity contribution in [3.8, 4) is 0 Å². The molecule has 3 heteroatoms. The van der Waals surface area contributed by atoms with Crippen molar-refractivity contribution in [2.75, 3.05) is 19.4 Å². The monoisotopic (exact) mass is 138 g/mol. The van der Waals surface area contributed by atoms with Gasteiger partial charge in [-0.1, -0.05) is 0 Å². The van der Waals surface area contributed by atoms with Gasteiger partial charge in [0.15, 0.2) is 0 Å². The molecule has 0 aliphatic heterocycles. The van der Waals surface area contributed by atoms with Crippen molar-refractivity contribution >= 4 is 12.1 Å². The van der Waals surface area contributed by atoms with E-state index in [9.17, 15) is 0 Å². The van der Waals surface area contributed by atoms with Gasteiger partial charge in [0.1, 0.15) is 0 Å². The summed E-state index contributed by atoms with van der Waals surface area (Å²) >= 11 is 0. The van der Waals surface area contributed by atoms with E-state index in [-0.39, 0.29) is 0 Å². The van der Waals surface area contributed by atoms with Crippen LogP contribution < -0.4 is 5.32 Å². The Morgan fingerprint density at radius 1 is 1.70 bits per heavy atom. The van der Waals surface area contributed by atoms with Crippen molar-refractivity contribution in [1.29, 1.82) is 0 Å². The van der Waals surface area contributed by atoms with E-state index in [1.807, 2.05) is 13.1 Å². The third kappa shape index (κ3) is 1.18. The van der Waals surface area contributed by atoms with Gasteiger partial charge < -0.3 is 9.73 Å². The lowest BCUT2D eigenvalue weighted by molar-refractivity contribution is 0.583. The number of aliphatic imine (C=N–C) groups is 1. The summed E-state index contributed by atoms with van der Waals surface area (Å²) in [6.07, 6.45) is 3.37. The topological polar surface area (TPSA) is 37.5 Å². The highest BCUT2D eigenvalue weighted by Crippen LogP contribution is 2.12. The molecule has 0 atom stereocenters. The van der Waals surface area contributed by atoms with E-state index >= 15 is 0 Å². The Balaban J connectivity index is 2.90. The summed E-state index contributed by atoms with van der Waals surface area (Å²) in [7, 11) is 3.54. The lowest BCUT2D eigenvalue weighted by Crippen LogP contribution is -1.89. The average Bonchev–Trinajstić information content (AvgIpc) is 2.36.